The number of nitrogens with zero attached hydrogens (tertiary/aromatic N) is 5. The van der Waals surface area contributed by atoms with Crippen molar-refractivity contribution in [1.82, 2.24) is 29.7 Å². The van der Waals surface area contributed by atoms with Gasteiger partial charge in [-0.3, -0.25) is 9.67 Å². The molecule has 3 aromatic heterocycles. The summed E-state index contributed by atoms with van der Waals surface area (Å²) < 4.78 is 34.8. The molecule has 2 aromatic carbocycles. The molecule has 0 amide bonds. The first-order valence-electron chi connectivity index (χ1n) is 11.3. The number of rotatable bonds is 5. The summed E-state index contributed by atoms with van der Waals surface area (Å²) in [4.78, 5) is 16.8. The Morgan fingerprint density at radius 2 is 2.03 bits per heavy atom. The van der Waals surface area contributed by atoms with Crippen LogP contribution in [0, 0.1) is 12.8 Å². The van der Waals surface area contributed by atoms with E-state index in [2.05, 4.69) is 20.1 Å². The third-order valence-corrected chi connectivity index (χ3v) is 6.66. The molecule has 1 aliphatic rings. The Bertz CT molecular complexity index is 1560. The second-order valence-corrected chi connectivity index (χ2v) is 9.40. The number of H-pyrrole nitrogens is 1. The Hall–Kier alpha value is -3.59. The lowest BCUT2D eigenvalue weighted by Gasteiger charge is -2.10. The molecule has 0 aliphatic heterocycles. The number of nitrogens with one attached hydrogen (secondary N) is 1. The van der Waals surface area contributed by atoms with Crippen molar-refractivity contribution in [2.24, 2.45) is 5.92 Å². The molecule has 1 fully saturated rings. The second kappa shape index (κ2) is 8.27. The minimum absolute atomic E-state index is 0.0553. The molecule has 0 radical (unpaired) electrons. The van der Waals surface area contributed by atoms with Crippen LogP contribution in [0.4, 0.5) is 8.78 Å². The molecule has 35 heavy (non-hydrogen) atoms. The van der Waals surface area contributed by atoms with Gasteiger partial charge < -0.3 is 9.72 Å². The number of imidazole rings is 1. The van der Waals surface area contributed by atoms with Crippen LogP contribution >= 0.6 is 11.6 Å². The van der Waals surface area contributed by atoms with E-state index in [0.717, 1.165) is 22.4 Å². The zero-order valence-corrected chi connectivity index (χ0v) is 19.6. The number of ether oxygens (including phenoxy) is 1. The molecule has 10 heteroatoms. The molecule has 6 rings (SSSR count). The number of alkyl halides is 2. The van der Waals surface area contributed by atoms with Gasteiger partial charge in [0.15, 0.2) is 0 Å². The maximum atomic E-state index is 13.5. The van der Waals surface area contributed by atoms with Crippen molar-refractivity contribution in [3.05, 3.63) is 59.8 Å². The summed E-state index contributed by atoms with van der Waals surface area (Å²) in [5.41, 5.74) is 4.20. The van der Waals surface area contributed by atoms with Gasteiger partial charge in [0.25, 0.3) is 0 Å². The highest BCUT2D eigenvalue weighted by atomic mass is 35.5. The normalized spacial score (nSPS) is 17.4. The molecule has 1 unspecified atom stereocenters. The number of aromatic amines is 1. The molecular weight excluding hydrogens is 474 g/mol. The summed E-state index contributed by atoms with van der Waals surface area (Å²) in [6, 6.07) is 9.14. The number of benzene rings is 2. The highest BCUT2D eigenvalue weighted by molar-refractivity contribution is 6.36. The number of aryl methyl sites for hydroxylation is 1. The second-order valence-electron chi connectivity index (χ2n) is 9.02. The lowest BCUT2D eigenvalue weighted by Crippen LogP contribution is -2.13. The van der Waals surface area contributed by atoms with Crippen LogP contribution in [-0.2, 0) is 6.54 Å². The van der Waals surface area contributed by atoms with Crippen LogP contribution in [0.2, 0.25) is 5.02 Å². The highest BCUT2D eigenvalue weighted by Gasteiger charge is 2.39. The fourth-order valence-corrected chi connectivity index (χ4v) is 4.85. The Morgan fingerprint density at radius 3 is 2.86 bits per heavy atom. The fourth-order valence-electron chi connectivity index (χ4n) is 4.61. The molecular formula is C25H21ClF2N6O. The van der Waals surface area contributed by atoms with Gasteiger partial charge in [0.05, 0.1) is 34.6 Å². The van der Waals surface area contributed by atoms with Crippen molar-refractivity contribution >= 4 is 33.7 Å². The highest BCUT2D eigenvalue weighted by Crippen LogP contribution is 2.40. The number of aromatic nitrogens is 6. The van der Waals surface area contributed by atoms with Crippen molar-refractivity contribution in [3.63, 3.8) is 0 Å². The van der Waals surface area contributed by atoms with Crippen molar-refractivity contribution in [3.8, 4) is 22.8 Å². The van der Waals surface area contributed by atoms with Gasteiger partial charge in [0.2, 0.25) is 5.92 Å². The van der Waals surface area contributed by atoms with Gasteiger partial charge in [-0.2, -0.15) is 5.10 Å². The maximum absolute atomic E-state index is 13.5. The van der Waals surface area contributed by atoms with Crippen LogP contribution in [0.3, 0.4) is 0 Å². The zero-order valence-electron chi connectivity index (χ0n) is 18.8. The monoisotopic (exact) mass is 494 g/mol. The van der Waals surface area contributed by atoms with Crippen LogP contribution in [0.1, 0.15) is 25.1 Å². The number of hydrogen-bond acceptors (Lipinski definition) is 5. The van der Waals surface area contributed by atoms with E-state index in [4.69, 9.17) is 21.3 Å². The summed E-state index contributed by atoms with van der Waals surface area (Å²) in [5, 5.41) is 4.69. The summed E-state index contributed by atoms with van der Waals surface area (Å²) in [7, 11) is 0. The van der Waals surface area contributed by atoms with E-state index in [1.165, 1.54) is 0 Å². The van der Waals surface area contributed by atoms with Crippen LogP contribution < -0.4 is 4.74 Å². The number of hydrogen-bond donors (Lipinski definition) is 1. The van der Waals surface area contributed by atoms with Crippen molar-refractivity contribution in [2.45, 2.75) is 38.7 Å². The minimum atomic E-state index is -2.57. The Labute approximate surface area is 204 Å². The standard InChI is InChI=1S/C25H21ClF2N6O/c1-14-31-18-3-2-17(8-20(18)32-14)35-22-5-4-19-24(23(22)26)33-21(11-29-19)16-10-30-34(13-16)12-15-6-7-25(27,28)9-15/h2-5,8,10-11,13,15H,6-7,9,12H2,1H3,(H,31,32). The van der Waals surface area contributed by atoms with E-state index >= 15 is 0 Å². The van der Waals surface area contributed by atoms with Gasteiger partial charge in [-0.15, -0.1) is 0 Å². The smallest absolute Gasteiger partial charge is 0.248 e. The van der Waals surface area contributed by atoms with E-state index < -0.39 is 5.92 Å². The molecule has 5 aromatic rings. The third-order valence-electron chi connectivity index (χ3n) is 6.30. The molecule has 0 bridgehead atoms. The number of fused-ring (bicyclic) bond motifs is 2. The van der Waals surface area contributed by atoms with Gasteiger partial charge >= 0.3 is 0 Å². The van der Waals surface area contributed by atoms with E-state index in [1.54, 1.807) is 29.2 Å². The van der Waals surface area contributed by atoms with Crippen LogP contribution in [0.25, 0.3) is 33.3 Å². The number of halogens is 3. The summed E-state index contributed by atoms with van der Waals surface area (Å²) in [6.07, 6.45) is 5.48. The van der Waals surface area contributed by atoms with Crippen LogP contribution in [0.5, 0.6) is 11.5 Å². The van der Waals surface area contributed by atoms with E-state index in [0.29, 0.717) is 46.2 Å². The van der Waals surface area contributed by atoms with Crippen molar-refractivity contribution < 1.29 is 13.5 Å². The van der Waals surface area contributed by atoms with Crippen molar-refractivity contribution in [1.29, 1.82) is 0 Å². The molecule has 7 nitrogen and oxygen atoms in total. The molecule has 178 valence electrons. The maximum Gasteiger partial charge on any atom is 0.248 e. The van der Waals surface area contributed by atoms with E-state index in [9.17, 15) is 8.78 Å². The van der Waals surface area contributed by atoms with Gasteiger partial charge in [0.1, 0.15) is 27.9 Å². The van der Waals surface area contributed by atoms with Crippen molar-refractivity contribution in [2.75, 3.05) is 0 Å². The SMILES string of the molecule is Cc1nc2ccc(Oc3ccc4ncc(-c5cnn(CC6CCC(F)(F)C6)c5)nc4c3Cl)cc2[nH]1. The van der Waals surface area contributed by atoms with Gasteiger partial charge in [0, 0.05) is 37.2 Å². The molecule has 0 spiro atoms. The first-order valence-corrected chi connectivity index (χ1v) is 11.7. The predicted molar refractivity (Wildman–Crippen MR) is 129 cm³/mol. The minimum Gasteiger partial charge on any atom is -0.456 e. The molecule has 1 N–H and O–H groups in total. The average Bonchev–Trinajstić information content (AvgIpc) is 3.53. The average molecular weight is 495 g/mol. The van der Waals surface area contributed by atoms with Gasteiger partial charge in [-0.1, -0.05) is 11.6 Å². The fraction of sp³-hybridized carbons (Fsp3) is 0.280. The summed E-state index contributed by atoms with van der Waals surface area (Å²) in [6.45, 7) is 2.35. The third kappa shape index (κ3) is 4.32. The molecule has 1 aliphatic carbocycles. The lowest BCUT2D eigenvalue weighted by molar-refractivity contribution is 0.00422. The van der Waals surface area contributed by atoms with Gasteiger partial charge in [-0.25, -0.2) is 18.7 Å². The Kier molecular flexibility index (Phi) is 5.17. The lowest BCUT2D eigenvalue weighted by atomic mass is 10.1. The summed E-state index contributed by atoms with van der Waals surface area (Å²) >= 11 is 6.68. The topological polar surface area (TPSA) is 81.5 Å². The largest absolute Gasteiger partial charge is 0.456 e. The molecule has 1 saturated carbocycles. The quantitative estimate of drug-likeness (QED) is 0.299. The Balaban J connectivity index is 1.27. The van der Waals surface area contributed by atoms with Crippen LogP contribution in [-0.4, -0.2) is 35.6 Å². The molecule has 1 atom stereocenters. The molecule has 3 heterocycles. The zero-order chi connectivity index (χ0) is 24.2. The summed E-state index contributed by atoms with van der Waals surface area (Å²) in [5.74, 6) is -0.749. The molecule has 0 saturated heterocycles. The van der Waals surface area contributed by atoms with E-state index in [1.807, 2.05) is 31.3 Å². The first-order chi connectivity index (χ1) is 16.8. The predicted octanol–water partition coefficient (Wildman–Crippen LogP) is 6.56. The Morgan fingerprint density at radius 1 is 1.17 bits per heavy atom. The van der Waals surface area contributed by atoms with Gasteiger partial charge in [-0.05, 0) is 43.5 Å². The van der Waals surface area contributed by atoms with Crippen LogP contribution in [0.15, 0.2) is 48.9 Å². The first kappa shape index (κ1) is 21.9. The van der Waals surface area contributed by atoms with E-state index in [-0.39, 0.29) is 18.8 Å².